The van der Waals surface area contributed by atoms with Crippen molar-refractivity contribution in [2.75, 3.05) is 7.05 Å². The predicted octanol–water partition coefficient (Wildman–Crippen LogP) is 5.67. The SMILES string of the molecule is CC1(C(NC(=O)C2CCC3CC32)c2c(F)ccc(Cl)c2Cl)CCCC1.CNC(C)=O. The van der Waals surface area contributed by atoms with E-state index in [0.717, 1.165) is 44.4 Å². The molecule has 3 fully saturated rings. The average Bonchev–Trinajstić information content (AvgIpc) is 3.13. The third-order valence-corrected chi connectivity index (χ3v) is 7.95. The molecule has 0 aromatic heterocycles. The minimum absolute atomic E-state index is 0.00463. The van der Waals surface area contributed by atoms with Gasteiger partial charge in [-0.1, -0.05) is 43.0 Å². The minimum atomic E-state index is -0.425. The van der Waals surface area contributed by atoms with E-state index in [1.165, 1.54) is 25.5 Å². The Labute approximate surface area is 188 Å². The topological polar surface area (TPSA) is 58.2 Å². The van der Waals surface area contributed by atoms with E-state index in [0.29, 0.717) is 16.5 Å². The zero-order valence-electron chi connectivity index (χ0n) is 17.9. The molecule has 1 aromatic rings. The van der Waals surface area contributed by atoms with Crippen LogP contribution in [0.25, 0.3) is 0 Å². The fourth-order valence-electron chi connectivity index (χ4n) is 5.15. The van der Waals surface area contributed by atoms with E-state index in [1.54, 1.807) is 7.05 Å². The first kappa shape index (κ1) is 23.3. The van der Waals surface area contributed by atoms with Crippen LogP contribution in [0, 0.1) is 29.0 Å². The fraction of sp³-hybridized carbons (Fsp3) is 0.652. The molecule has 0 saturated heterocycles. The van der Waals surface area contributed by atoms with Crippen molar-refractivity contribution in [2.24, 2.45) is 23.2 Å². The monoisotopic (exact) mass is 456 g/mol. The van der Waals surface area contributed by atoms with Gasteiger partial charge in [0.15, 0.2) is 0 Å². The second-order valence-corrected chi connectivity index (χ2v) is 9.99. The predicted molar refractivity (Wildman–Crippen MR) is 118 cm³/mol. The van der Waals surface area contributed by atoms with Crippen LogP contribution in [0.3, 0.4) is 0 Å². The first-order valence-electron chi connectivity index (χ1n) is 10.8. The summed E-state index contributed by atoms with van der Waals surface area (Å²) in [6, 6.07) is 2.41. The number of carbonyl (C=O) groups is 2. The van der Waals surface area contributed by atoms with Gasteiger partial charge in [-0.3, -0.25) is 9.59 Å². The zero-order chi connectivity index (χ0) is 22.1. The molecule has 30 heavy (non-hydrogen) atoms. The summed E-state index contributed by atoms with van der Waals surface area (Å²) in [4.78, 5) is 22.7. The molecule has 166 valence electrons. The van der Waals surface area contributed by atoms with Gasteiger partial charge in [0.05, 0.1) is 16.1 Å². The number of amides is 2. The van der Waals surface area contributed by atoms with Crippen LogP contribution in [-0.2, 0) is 9.59 Å². The van der Waals surface area contributed by atoms with E-state index in [4.69, 9.17) is 23.2 Å². The number of nitrogens with one attached hydrogen (secondary N) is 2. The van der Waals surface area contributed by atoms with Gasteiger partial charge in [0.2, 0.25) is 11.8 Å². The normalized spacial score (nSPS) is 26.8. The van der Waals surface area contributed by atoms with Gasteiger partial charge in [0.25, 0.3) is 0 Å². The Morgan fingerprint density at radius 2 is 1.83 bits per heavy atom. The van der Waals surface area contributed by atoms with Crippen molar-refractivity contribution in [2.45, 2.75) is 64.8 Å². The highest BCUT2D eigenvalue weighted by Gasteiger charge is 2.52. The van der Waals surface area contributed by atoms with Gasteiger partial charge < -0.3 is 10.6 Å². The summed E-state index contributed by atoms with van der Waals surface area (Å²) >= 11 is 12.6. The Morgan fingerprint density at radius 3 is 2.33 bits per heavy atom. The molecule has 3 aliphatic rings. The number of halogens is 3. The van der Waals surface area contributed by atoms with Crippen LogP contribution in [0.15, 0.2) is 12.1 Å². The smallest absolute Gasteiger partial charge is 0.223 e. The Hall–Kier alpha value is -1.33. The Kier molecular flexibility index (Phi) is 7.34. The van der Waals surface area contributed by atoms with E-state index < -0.39 is 6.04 Å². The largest absolute Gasteiger partial charge is 0.359 e. The van der Waals surface area contributed by atoms with Crippen molar-refractivity contribution in [1.82, 2.24) is 10.6 Å². The van der Waals surface area contributed by atoms with Crippen molar-refractivity contribution in [1.29, 1.82) is 0 Å². The molecule has 0 radical (unpaired) electrons. The lowest BCUT2D eigenvalue weighted by atomic mass is 9.76. The fourth-order valence-corrected chi connectivity index (χ4v) is 5.58. The number of carbonyl (C=O) groups excluding carboxylic acids is 2. The van der Waals surface area contributed by atoms with E-state index in [1.807, 2.05) is 0 Å². The second kappa shape index (κ2) is 9.44. The standard InChI is InChI=1S/C20H24Cl2FNO.C3H7NO/c1-20(8-2-3-9-20)18(16-15(23)7-6-14(21)17(16)22)24-19(25)12-5-4-11-10-13(11)12;1-3(5)4-2/h6-7,11-13,18H,2-5,8-10H2,1H3,(H,24,25);1-2H3,(H,4,5). The number of fused-ring (bicyclic) bond motifs is 1. The summed E-state index contributed by atoms with van der Waals surface area (Å²) < 4.78 is 14.7. The van der Waals surface area contributed by atoms with Gasteiger partial charge in [0, 0.05) is 25.5 Å². The molecule has 3 saturated carbocycles. The van der Waals surface area contributed by atoms with Crippen LogP contribution in [0.5, 0.6) is 0 Å². The lowest BCUT2D eigenvalue weighted by Crippen LogP contribution is -2.42. The van der Waals surface area contributed by atoms with E-state index >= 15 is 0 Å². The zero-order valence-corrected chi connectivity index (χ0v) is 19.4. The molecule has 3 aliphatic carbocycles. The molecule has 0 heterocycles. The molecule has 7 heteroatoms. The molecule has 2 N–H and O–H groups in total. The third kappa shape index (κ3) is 4.94. The molecule has 0 aliphatic heterocycles. The van der Waals surface area contributed by atoms with E-state index in [9.17, 15) is 14.0 Å². The summed E-state index contributed by atoms with van der Waals surface area (Å²) in [7, 11) is 1.60. The minimum Gasteiger partial charge on any atom is -0.359 e. The Morgan fingerprint density at radius 1 is 1.20 bits per heavy atom. The van der Waals surface area contributed by atoms with Gasteiger partial charge in [-0.2, -0.15) is 0 Å². The highest BCUT2D eigenvalue weighted by atomic mass is 35.5. The molecule has 4 unspecified atom stereocenters. The Balaban J connectivity index is 0.000000461. The van der Waals surface area contributed by atoms with Crippen LogP contribution in [0.4, 0.5) is 4.39 Å². The summed E-state index contributed by atoms with van der Waals surface area (Å²) in [5.41, 5.74) is 0.170. The van der Waals surface area contributed by atoms with Crippen LogP contribution in [0.1, 0.15) is 70.4 Å². The van der Waals surface area contributed by atoms with Crippen LogP contribution < -0.4 is 10.6 Å². The van der Waals surface area contributed by atoms with Gasteiger partial charge in [-0.05, 0) is 61.5 Å². The maximum absolute atomic E-state index is 14.7. The van der Waals surface area contributed by atoms with Gasteiger partial charge in [-0.25, -0.2) is 4.39 Å². The maximum atomic E-state index is 14.7. The highest BCUT2D eigenvalue weighted by molar-refractivity contribution is 6.42. The average molecular weight is 457 g/mol. The van der Waals surface area contributed by atoms with Crippen molar-refractivity contribution in [3.63, 3.8) is 0 Å². The van der Waals surface area contributed by atoms with Gasteiger partial charge in [0.1, 0.15) is 5.82 Å². The molecule has 0 bridgehead atoms. The lowest BCUT2D eigenvalue weighted by Gasteiger charge is -2.36. The molecule has 2 amide bonds. The van der Waals surface area contributed by atoms with Crippen molar-refractivity contribution in [3.8, 4) is 0 Å². The van der Waals surface area contributed by atoms with E-state index in [2.05, 4.69) is 17.6 Å². The molecule has 4 nitrogen and oxygen atoms in total. The van der Waals surface area contributed by atoms with Crippen molar-refractivity contribution < 1.29 is 14.0 Å². The number of hydrogen-bond acceptors (Lipinski definition) is 2. The number of benzene rings is 1. The first-order chi connectivity index (χ1) is 14.2. The summed E-state index contributed by atoms with van der Waals surface area (Å²) in [6.07, 6.45) is 7.38. The summed E-state index contributed by atoms with van der Waals surface area (Å²) in [5.74, 6) is 1.05. The van der Waals surface area contributed by atoms with Crippen molar-refractivity contribution >= 4 is 35.0 Å². The molecule has 1 aromatic carbocycles. The van der Waals surface area contributed by atoms with Crippen molar-refractivity contribution in [3.05, 3.63) is 33.6 Å². The van der Waals surface area contributed by atoms with E-state index in [-0.39, 0.29) is 34.0 Å². The maximum Gasteiger partial charge on any atom is 0.223 e. The molecule has 0 spiro atoms. The number of rotatable bonds is 4. The molecular formula is C23H31Cl2FN2O2. The second-order valence-electron chi connectivity index (χ2n) is 9.21. The number of hydrogen-bond donors (Lipinski definition) is 2. The summed E-state index contributed by atoms with van der Waals surface area (Å²) in [5, 5.41) is 6.16. The molecular weight excluding hydrogens is 426 g/mol. The Bertz CT molecular complexity index is 811. The first-order valence-corrected chi connectivity index (χ1v) is 11.6. The van der Waals surface area contributed by atoms with Crippen LogP contribution >= 0.6 is 23.2 Å². The molecule has 4 atom stereocenters. The highest BCUT2D eigenvalue weighted by Crippen LogP contribution is 2.56. The third-order valence-electron chi connectivity index (χ3n) is 7.13. The summed E-state index contributed by atoms with van der Waals surface area (Å²) in [6.45, 7) is 3.61. The van der Waals surface area contributed by atoms with Gasteiger partial charge in [-0.15, -0.1) is 0 Å². The molecule has 4 rings (SSSR count). The van der Waals surface area contributed by atoms with Crippen LogP contribution in [0.2, 0.25) is 10.0 Å². The quantitative estimate of drug-likeness (QED) is 0.573. The lowest BCUT2D eigenvalue weighted by molar-refractivity contribution is -0.127. The van der Waals surface area contributed by atoms with Gasteiger partial charge >= 0.3 is 0 Å². The van der Waals surface area contributed by atoms with Crippen LogP contribution in [-0.4, -0.2) is 18.9 Å².